The predicted molar refractivity (Wildman–Crippen MR) is 47.5 cm³/mol. The summed E-state index contributed by atoms with van der Waals surface area (Å²) >= 11 is 0.866. The van der Waals surface area contributed by atoms with E-state index in [9.17, 15) is 13.6 Å². The highest BCUT2D eigenvalue weighted by atomic mass is 32.1. The van der Waals surface area contributed by atoms with Gasteiger partial charge in [0.25, 0.3) is 11.8 Å². The number of carbonyl (C=O) groups excluding carboxylic acids is 1. The van der Waals surface area contributed by atoms with Crippen LogP contribution in [0.25, 0.3) is 0 Å². The van der Waals surface area contributed by atoms with Crippen LogP contribution in [0.2, 0.25) is 0 Å². The number of aromatic nitrogens is 2. The maximum atomic E-state index is 12.7. The Morgan fingerprint density at radius 1 is 1.71 bits per heavy atom. The van der Waals surface area contributed by atoms with Crippen molar-refractivity contribution in [2.75, 3.05) is 0 Å². The van der Waals surface area contributed by atoms with Crippen LogP contribution in [0, 0.1) is 0 Å². The highest BCUT2D eigenvalue weighted by Crippen LogP contribution is 2.17. The Labute approximate surface area is 83.5 Å². The van der Waals surface area contributed by atoms with Crippen molar-refractivity contribution in [2.24, 2.45) is 0 Å². The van der Waals surface area contributed by atoms with E-state index >= 15 is 0 Å². The van der Waals surface area contributed by atoms with Crippen molar-refractivity contribution in [1.82, 2.24) is 14.9 Å². The van der Waals surface area contributed by atoms with Gasteiger partial charge in [-0.25, -0.2) is 8.78 Å². The number of carbonyl (C=O) groups is 1. The van der Waals surface area contributed by atoms with Crippen LogP contribution in [0.4, 0.5) is 8.78 Å². The molecule has 0 aliphatic rings. The third kappa shape index (κ3) is 2.69. The predicted octanol–water partition coefficient (Wildman–Crippen LogP) is 1.31. The van der Waals surface area contributed by atoms with Gasteiger partial charge in [-0.05, 0) is 18.5 Å². The van der Waals surface area contributed by atoms with Gasteiger partial charge in [-0.2, -0.15) is 0 Å². The van der Waals surface area contributed by atoms with Gasteiger partial charge in [-0.15, -0.1) is 5.10 Å². The van der Waals surface area contributed by atoms with Crippen molar-refractivity contribution in [2.45, 2.75) is 25.8 Å². The molecule has 1 aromatic rings. The van der Waals surface area contributed by atoms with Crippen LogP contribution in [0.3, 0.4) is 0 Å². The molecular weight excluding hydrogens is 212 g/mol. The molecular formula is C7H9F2N3OS. The molecule has 1 amide bonds. The van der Waals surface area contributed by atoms with Gasteiger partial charge in [0.05, 0.1) is 12.2 Å². The first-order valence-electron chi connectivity index (χ1n) is 3.87. The second kappa shape index (κ2) is 3.95. The molecule has 78 valence electrons. The van der Waals surface area contributed by atoms with Crippen molar-refractivity contribution in [1.29, 1.82) is 0 Å². The van der Waals surface area contributed by atoms with Crippen molar-refractivity contribution < 1.29 is 13.6 Å². The van der Waals surface area contributed by atoms with E-state index in [1.54, 1.807) is 0 Å². The normalized spacial score (nSPS) is 13.7. The zero-order valence-electron chi connectivity index (χ0n) is 7.62. The van der Waals surface area contributed by atoms with E-state index in [0.29, 0.717) is 0 Å². The van der Waals surface area contributed by atoms with E-state index < -0.39 is 17.9 Å². The average molecular weight is 221 g/mol. The molecule has 1 rings (SSSR count). The summed E-state index contributed by atoms with van der Waals surface area (Å²) in [6.45, 7) is 2.00. The van der Waals surface area contributed by atoms with Gasteiger partial charge in [0.2, 0.25) is 0 Å². The number of halogens is 2. The van der Waals surface area contributed by atoms with Crippen LogP contribution in [-0.4, -0.2) is 27.5 Å². The second-order valence-corrected chi connectivity index (χ2v) is 3.72. The fourth-order valence-electron chi connectivity index (χ4n) is 0.662. The smallest absolute Gasteiger partial charge is 0.265 e. The number of nitrogens with one attached hydrogen (secondary N) is 1. The lowest BCUT2D eigenvalue weighted by Crippen LogP contribution is -2.43. The fourth-order valence-corrected chi connectivity index (χ4v) is 1.08. The number of nitrogens with zero attached hydrogens (tertiary/aromatic N) is 2. The molecule has 0 aliphatic heterocycles. The number of amides is 1. The lowest BCUT2D eigenvalue weighted by atomic mass is 10.2. The van der Waals surface area contributed by atoms with Gasteiger partial charge in [-0.3, -0.25) is 4.79 Å². The molecule has 0 bridgehead atoms. The quantitative estimate of drug-likeness (QED) is 0.837. The van der Waals surface area contributed by atoms with Crippen LogP contribution in [-0.2, 0) is 0 Å². The minimum absolute atomic E-state index is 0.223. The Bertz CT molecular complexity index is 309. The van der Waals surface area contributed by atoms with Crippen molar-refractivity contribution in [3.05, 3.63) is 11.1 Å². The molecule has 1 aromatic heterocycles. The largest absolute Gasteiger partial charge is 0.343 e. The summed E-state index contributed by atoms with van der Waals surface area (Å²) in [7, 11) is 0. The third-order valence-electron chi connectivity index (χ3n) is 1.69. The summed E-state index contributed by atoms with van der Waals surface area (Å²) in [6, 6.07) is -1.21. The summed E-state index contributed by atoms with van der Waals surface area (Å²) in [6.07, 6.45) is 1.24. The van der Waals surface area contributed by atoms with E-state index in [2.05, 4.69) is 14.9 Å². The first-order valence-corrected chi connectivity index (χ1v) is 4.64. The summed E-state index contributed by atoms with van der Waals surface area (Å²) in [4.78, 5) is 11.5. The Hall–Kier alpha value is -1.11. The highest BCUT2D eigenvalue weighted by molar-refractivity contribution is 7.07. The Morgan fingerprint density at radius 2 is 2.36 bits per heavy atom. The molecule has 1 heterocycles. The molecule has 0 aromatic carbocycles. The van der Waals surface area contributed by atoms with E-state index in [-0.39, 0.29) is 4.88 Å². The van der Waals surface area contributed by atoms with Crippen LogP contribution in [0.5, 0.6) is 0 Å². The molecule has 0 fully saturated rings. The number of rotatable bonds is 3. The topological polar surface area (TPSA) is 54.9 Å². The third-order valence-corrected chi connectivity index (χ3v) is 2.36. The lowest BCUT2D eigenvalue weighted by molar-refractivity contribution is -0.0107. The molecule has 7 heteroatoms. The first-order chi connectivity index (χ1) is 6.41. The average Bonchev–Trinajstić information content (AvgIpc) is 2.53. The second-order valence-electron chi connectivity index (χ2n) is 2.93. The zero-order valence-corrected chi connectivity index (χ0v) is 8.44. The summed E-state index contributed by atoms with van der Waals surface area (Å²) < 4.78 is 28.8. The van der Waals surface area contributed by atoms with Crippen LogP contribution in [0.1, 0.15) is 23.5 Å². The van der Waals surface area contributed by atoms with E-state index in [1.165, 1.54) is 13.1 Å². The maximum Gasteiger partial charge on any atom is 0.265 e. The van der Waals surface area contributed by atoms with E-state index in [1.807, 2.05) is 0 Å². The molecule has 0 spiro atoms. The standard InChI is InChI=1S/C7H9F2N3OS/c1-4(7(2,8)9)11-6(13)5-3-10-12-14-5/h3-4H,1-2H3,(H,11,13). The Morgan fingerprint density at radius 3 is 2.79 bits per heavy atom. The molecule has 0 saturated carbocycles. The molecule has 1 unspecified atom stereocenters. The minimum atomic E-state index is -2.94. The van der Waals surface area contributed by atoms with Gasteiger partial charge >= 0.3 is 0 Å². The van der Waals surface area contributed by atoms with Crippen LogP contribution >= 0.6 is 11.5 Å². The summed E-state index contributed by atoms with van der Waals surface area (Å²) in [5, 5.41) is 5.60. The molecule has 4 nitrogen and oxygen atoms in total. The lowest BCUT2D eigenvalue weighted by Gasteiger charge is -2.19. The molecule has 0 radical (unpaired) electrons. The van der Waals surface area contributed by atoms with Gasteiger partial charge in [-0.1, -0.05) is 4.49 Å². The summed E-state index contributed by atoms with van der Waals surface area (Å²) in [5.74, 6) is -3.51. The van der Waals surface area contributed by atoms with Crippen molar-refractivity contribution in [3.8, 4) is 0 Å². The highest BCUT2D eigenvalue weighted by Gasteiger charge is 2.31. The SMILES string of the molecule is CC(NC(=O)c1cnns1)C(C)(F)F. The number of hydrogen-bond acceptors (Lipinski definition) is 4. The van der Waals surface area contributed by atoms with E-state index in [0.717, 1.165) is 18.5 Å². The molecule has 14 heavy (non-hydrogen) atoms. The van der Waals surface area contributed by atoms with E-state index in [4.69, 9.17) is 0 Å². The Balaban J connectivity index is 2.58. The van der Waals surface area contributed by atoms with Gasteiger partial charge in [0, 0.05) is 6.92 Å². The number of hydrogen-bond donors (Lipinski definition) is 1. The van der Waals surface area contributed by atoms with Crippen LogP contribution < -0.4 is 5.32 Å². The van der Waals surface area contributed by atoms with Gasteiger partial charge < -0.3 is 5.32 Å². The van der Waals surface area contributed by atoms with Crippen molar-refractivity contribution >= 4 is 17.4 Å². The first kappa shape index (κ1) is 11.0. The number of alkyl halides is 2. The fraction of sp³-hybridized carbons (Fsp3) is 0.571. The zero-order chi connectivity index (χ0) is 10.8. The summed E-state index contributed by atoms with van der Waals surface area (Å²) in [5.41, 5.74) is 0. The molecule has 1 atom stereocenters. The maximum absolute atomic E-state index is 12.7. The monoisotopic (exact) mass is 221 g/mol. The molecule has 1 N–H and O–H groups in total. The van der Waals surface area contributed by atoms with Gasteiger partial charge in [0.1, 0.15) is 4.88 Å². The minimum Gasteiger partial charge on any atom is -0.343 e. The molecule has 0 saturated heterocycles. The molecule has 0 aliphatic carbocycles. The van der Waals surface area contributed by atoms with Crippen LogP contribution in [0.15, 0.2) is 6.20 Å². The Kier molecular flexibility index (Phi) is 3.10. The van der Waals surface area contributed by atoms with Gasteiger partial charge in [0.15, 0.2) is 0 Å². The van der Waals surface area contributed by atoms with Crippen molar-refractivity contribution in [3.63, 3.8) is 0 Å².